The number of hydrogen-bond donors (Lipinski definition) is 1. The largest absolute Gasteiger partial charge is 0.493 e. The van der Waals surface area contributed by atoms with Crippen molar-refractivity contribution in [3.05, 3.63) is 41.3 Å². The molecule has 0 radical (unpaired) electrons. The zero-order chi connectivity index (χ0) is 15.2. The zero-order valence-corrected chi connectivity index (χ0v) is 13.0. The number of hydrogen-bond acceptors (Lipinski definition) is 5. The summed E-state index contributed by atoms with van der Waals surface area (Å²) < 4.78 is 16.3. The fourth-order valence-electron chi connectivity index (χ4n) is 1.97. The molecule has 0 aliphatic rings. The normalized spacial score (nSPS) is 10.9. The first-order valence-corrected chi connectivity index (χ1v) is 7.04. The number of benzene rings is 1. The van der Waals surface area contributed by atoms with Gasteiger partial charge < -0.3 is 19.3 Å². The van der Waals surface area contributed by atoms with Crippen LogP contribution in [-0.2, 0) is 13.2 Å². The van der Waals surface area contributed by atoms with Crippen LogP contribution in [0.1, 0.15) is 30.9 Å². The van der Waals surface area contributed by atoms with Gasteiger partial charge in [0.2, 0.25) is 0 Å². The van der Waals surface area contributed by atoms with Gasteiger partial charge >= 0.3 is 0 Å². The smallest absolute Gasteiger partial charge is 0.166 e. The molecule has 1 heterocycles. The van der Waals surface area contributed by atoms with Crippen LogP contribution in [0.25, 0.3) is 0 Å². The molecule has 0 amide bonds. The fraction of sp³-hybridized carbons (Fsp3) is 0.438. The van der Waals surface area contributed by atoms with Crippen LogP contribution in [0, 0.1) is 6.92 Å². The second-order valence-electron chi connectivity index (χ2n) is 5.20. The van der Waals surface area contributed by atoms with Gasteiger partial charge in [-0.1, -0.05) is 31.1 Å². The topological polar surface area (TPSA) is 56.5 Å². The first kappa shape index (κ1) is 15.4. The van der Waals surface area contributed by atoms with Crippen molar-refractivity contribution in [3.63, 3.8) is 0 Å². The summed E-state index contributed by atoms with van der Waals surface area (Å²) >= 11 is 0. The van der Waals surface area contributed by atoms with Crippen molar-refractivity contribution in [2.24, 2.45) is 0 Å². The van der Waals surface area contributed by atoms with Gasteiger partial charge in [0.1, 0.15) is 18.1 Å². The molecule has 0 saturated heterocycles. The van der Waals surface area contributed by atoms with Crippen LogP contribution in [0.5, 0.6) is 11.5 Å². The van der Waals surface area contributed by atoms with Crippen molar-refractivity contribution in [3.8, 4) is 11.5 Å². The maximum atomic E-state index is 5.90. The maximum absolute atomic E-state index is 5.90. The lowest BCUT2D eigenvalue weighted by Crippen LogP contribution is -2.22. The van der Waals surface area contributed by atoms with Gasteiger partial charge in [-0.2, -0.15) is 0 Å². The lowest BCUT2D eigenvalue weighted by molar-refractivity contribution is 0.268. The molecule has 0 saturated carbocycles. The molecule has 2 rings (SSSR count). The van der Waals surface area contributed by atoms with E-state index in [0.717, 1.165) is 35.1 Å². The second kappa shape index (κ2) is 7.13. The van der Waals surface area contributed by atoms with Crippen molar-refractivity contribution in [2.45, 2.75) is 40.0 Å². The zero-order valence-electron chi connectivity index (χ0n) is 13.0. The second-order valence-corrected chi connectivity index (χ2v) is 5.20. The molecule has 1 aromatic carbocycles. The number of aromatic nitrogens is 1. The summed E-state index contributed by atoms with van der Waals surface area (Å²) in [6, 6.07) is 8.15. The number of nitrogens with zero attached hydrogens (tertiary/aromatic N) is 1. The van der Waals surface area contributed by atoms with Crippen LogP contribution in [0.4, 0.5) is 0 Å². The summed E-state index contributed by atoms with van der Waals surface area (Å²) in [7, 11) is 1.64. The number of para-hydroxylation sites is 1. The quantitative estimate of drug-likeness (QED) is 0.849. The minimum Gasteiger partial charge on any atom is -0.493 e. The van der Waals surface area contributed by atoms with Gasteiger partial charge in [0, 0.05) is 24.2 Å². The van der Waals surface area contributed by atoms with Crippen molar-refractivity contribution in [2.75, 3.05) is 7.11 Å². The minimum atomic E-state index is 0.354. The molecular formula is C16H22N2O3. The number of ether oxygens (including phenoxy) is 2. The van der Waals surface area contributed by atoms with E-state index in [1.807, 2.05) is 31.2 Å². The molecule has 5 heteroatoms. The molecule has 1 N–H and O–H groups in total. The Balaban J connectivity index is 2.14. The fourth-order valence-corrected chi connectivity index (χ4v) is 1.97. The number of aryl methyl sites for hydroxylation is 1. The first-order valence-electron chi connectivity index (χ1n) is 7.04. The van der Waals surface area contributed by atoms with Gasteiger partial charge in [-0.05, 0) is 13.0 Å². The molecule has 0 fully saturated rings. The van der Waals surface area contributed by atoms with E-state index in [0.29, 0.717) is 12.6 Å². The van der Waals surface area contributed by atoms with E-state index < -0.39 is 0 Å². The van der Waals surface area contributed by atoms with Gasteiger partial charge in [0.25, 0.3) is 0 Å². The average molecular weight is 290 g/mol. The highest BCUT2D eigenvalue weighted by Crippen LogP contribution is 2.31. The van der Waals surface area contributed by atoms with Crippen LogP contribution >= 0.6 is 0 Å². The summed E-state index contributed by atoms with van der Waals surface area (Å²) in [5.74, 6) is 2.24. The lowest BCUT2D eigenvalue weighted by Gasteiger charge is -2.16. The van der Waals surface area contributed by atoms with Crippen LogP contribution < -0.4 is 14.8 Å². The Kier molecular flexibility index (Phi) is 5.22. The van der Waals surface area contributed by atoms with Crippen LogP contribution in [0.3, 0.4) is 0 Å². The molecule has 2 aromatic rings. The Morgan fingerprint density at radius 2 is 2.14 bits per heavy atom. The van der Waals surface area contributed by atoms with E-state index in [4.69, 9.17) is 14.0 Å². The highest BCUT2D eigenvalue weighted by Gasteiger charge is 2.12. The summed E-state index contributed by atoms with van der Waals surface area (Å²) in [5, 5.41) is 7.32. The van der Waals surface area contributed by atoms with Gasteiger partial charge in [-0.25, -0.2) is 0 Å². The van der Waals surface area contributed by atoms with Crippen LogP contribution in [0.2, 0.25) is 0 Å². The van der Waals surface area contributed by atoms with Crippen LogP contribution in [0.15, 0.2) is 28.8 Å². The summed E-state index contributed by atoms with van der Waals surface area (Å²) in [4.78, 5) is 0. The highest BCUT2D eigenvalue weighted by atomic mass is 16.5. The Morgan fingerprint density at radius 1 is 1.33 bits per heavy atom. The Hall–Kier alpha value is -2.01. The highest BCUT2D eigenvalue weighted by molar-refractivity contribution is 5.46. The van der Waals surface area contributed by atoms with Crippen LogP contribution in [-0.4, -0.2) is 18.3 Å². The van der Waals surface area contributed by atoms with E-state index in [-0.39, 0.29) is 0 Å². The third kappa shape index (κ3) is 4.23. The average Bonchev–Trinajstić information content (AvgIpc) is 2.88. The summed E-state index contributed by atoms with van der Waals surface area (Å²) in [5.41, 5.74) is 1.82. The lowest BCUT2D eigenvalue weighted by atomic mass is 10.1. The number of rotatable bonds is 7. The van der Waals surface area contributed by atoms with Gasteiger partial charge in [0.15, 0.2) is 11.5 Å². The monoisotopic (exact) mass is 290 g/mol. The Labute approximate surface area is 125 Å². The molecule has 1 aromatic heterocycles. The van der Waals surface area contributed by atoms with Crippen molar-refractivity contribution < 1.29 is 14.0 Å². The number of methoxy groups -OCH3 is 1. The van der Waals surface area contributed by atoms with E-state index in [1.54, 1.807) is 7.11 Å². The maximum Gasteiger partial charge on any atom is 0.166 e. The van der Waals surface area contributed by atoms with Gasteiger partial charge in [0.05, 0.1) is 7.11 Å². The van der Waals surface area contributed by atoms with Crippen molar-refractivity contribution in [1.29, 1.82) is 0 Å². The molecule has 0 bridgehead atoms. The van der Waals surface area contributed by atoms with E-state index in [9.17, 15) is 0 Å². The summed E-state index contributed by atoms with van der Waals surface area (Å²) in [6.07, 6.45) is 0. The molecule has 0 atom stereocenters. The molecule has 0 unspecified atom stereocenters. The summed E-state index contributed by atoms with van der Waals surface area (Å²) in [6.45, 7) is 7.16. The predicted octanol–water partition coefficient (Wildman–Crippen LogP) is 3.07. The van der Waals surface area contributed by atoms with Crippen molar-refractivity contribution >= 4 is 0 Å². The van der Waals surface area contributed by atoms with Gasteiger partial charge in [-0.3, -0.25) is 0 Å². The minimum absolute atomic E-state index is 0.354. The molecule has 114 valence electrons. The van der Waals surface area contributed by atoms with E-state index in [2.05, 4.69) is 24.3 Å². The Morgan fingerprint density at radius 3 is 2.76 bits per heavy atom. The van der Waals surface area contributed by atoms with Crippen molar-refractivity contribution in [1.82, 2.24) is 10.5 Å². The van der Waals surface area contributed by atoms with Gasteiger partial charge in [-0.15, -0.1) is 0 Å². The Bertz CT molecular complexity index is 579. The van der Waals surface area contributed by atoms with E-state index >= 15 is 0 Å². The molecule has 0 aliphatic heterocycles. The first-order chi connectivity index (χ1) is 10.1. The number of nitrogens with one attached hydrogen (secondary N) is 1. The SMILES string of the molecule is COc1cccc(CNC(C)C)c1OCc1cc(C)on1. The predicted molar refractivity (Wildman–Crippen MR) is 80.5 cm³/mol. The molecule has 5 nitrogen and oxygen atoms in total. The molecule has 21 heavy (non-hydrogen) atoms. The molecule has 0 spiro atoms. The molecular weight excluding hydrogens is 268 g/mol. The third-order valence-electron chi connectivity index (χ3n) is 3.02. The van der Waals surface area contributed by atoms with E-state index in [1.165, 1.54) is 0 Å². The molecule has 0 aliphatic carbocycles. The third-order valence-corrected chi connectivity index (χ3v) is 3.02. The standard InChI is InChI=1S/C16H22N2O3/c1-11(2)17-9-13-6-5-7-15(19-4)16(13)20-10-14-8-12(3)21-18-14/h5-8,11,17H,9-10H2,1-4H3.